The molecular formula is C16H17N2S2-. The Morgan fingerprint density at radius 3 is 1.55 bits per heavy atom. The summed E-state index contributed by atoms with van der Waals surface area (Å²) in [5, 5.41) is 0. The molecule has 20 heavy (non-hydrogen) atoms. The van der Waals surface area contributed by atoms with Gasteiger partial charge in [-0.25, -0.2) is 0 Å². The second-order valence-electron chi connectivity index (χ2n) is 5.01. The molecule has 0 bridgehead atoms. The summed E-state index contributed by atoms with van der Waals surface area (Å²) in [7, 11) is 7.79. The zero-order chi connectivity index (χ0) is 14.9. The summed E-state index contributed by atoms with van der Waals surface area (Å²) in [6.45, 7) is 0. The second kappa shape index (κ2) is 5.85. The molecule has 2 nitrogen and oxygen atoms in total. The minimum Gasteiger partial charge on any atom is -0.399 e. The molecule has 0 aromatic rings. The Hall–Kier alpha value is -1.52. The number of hydrogen-bond donors (Lipinski definition) is 0. The van der Waals surface area contributed by atoms with Gasteiger partial charge in [0, 0.05) is 9.98 Å². The molecule has 0 unspecified atom stereocenters. The predicted molar refractivity (Wildman–Crippen MR) is 92.7 cm³/mol. The summed E-state index contributed by atoms with van der Waals surface area (Å²) in [6, 6.07) is 13.6. The zero-order valence-electron chi connectivity index (χ0n) is 12.1. The first kappa shape index (κ1) is 14.9. The fraction of sp³-hybridized carbons (Fsp3) is 0.250. The van der Waals surface area contributed by atoms with Gasteiger partial charge in [0.15, 0.2) is 0 Å². The van der Waals surface area contributed by atoms with Gasteiger partial charge in [-0.3, -0.25) is 0 Å². The van der Waals surface area contributed by atoms with Crippen LogP contribution >= 0.6 is 24.4 Å². The standard InChI is InChI=1S/C16H17N2S2/c1-17(2)15(19)13-10-14(16(20)18(3)4)12-9-7-5-6-8-11(12)13/h5-9H,1-4H3/q-1. The molecular weight excluding hydrogens is 284 g/mol. The number of hydrogen-bond acceptors (Lipinski definition) is 2. The Bertz CT molecular complexity index is 581. The van der Waals surface area contributed by atoms with Crippen LogP contribution in [0.2, 0.25) is 0 Å². The van der Waals surface area contributed by atoms with Gasteiger partial charge in [-0.15, -0.1) is 41.6 Å². The highest BCUT2D eigenvalue weighted by atomic mass is 32.1. The lowest BCUT2D eigenvalue weighted by Gasteiger charge is -2.19. The largest absolute Gasteiger partial charge is 0.399 e. The van der Waals surface area contributed by atoms with Crippen molar-refractivity contribution in [1.82, 2.24) is 9.80 Å². The third-order valence-electron chi connectivity index (χ3n) is 3.07. The topological polar surface area (TPSA) is 6.48 Å². The number of thiocarbonyl (C=S) groups is 2. The second-order valence-corrected chi connectivity index (χ2v) is 5.79. The molecule has 0 spiro atoms. The zero-order valence-corrected chi connectivity index (χ0v) is 13.7. The molecule has 0 aliphatic heterocycles. The van der Waals surface area contributed by atoms with E-state index in [2.05, 4.69) is 18.2 Å². The van der Waals surface area contributed by atoms with Gasteiger partial charge in [-0.05, 0) is 28.2 Å². The average molecular weight is 301 g/mol. The van der Waals surface area contributed by atoms with Crippen molar-refractivity contribution in [2.75, 3.05) is 28.2 Å². The van der Waals surface area contributed by atoms with Gasteiger partial charge in [0.1, 0.15) is 0 Å². The predicted octanol–water partition coefficient (Wildman–Crippen LogP) is 3.07. The summed E-state index contributed by atoms with van der Waals surface area (Å²) < 4.78 is 0. The molecule has 104 valence electrons. The van der Waals surface area contributed by atoms with Gasteiger partial charge >= 0.3 is 0 Å². The summed E-state index contributed by atoms with van der Waals surface area (Å²) in [6.07, 6.45) is 0. The van der Waals surface area contributed by atoms with Crippen LogP contribution in [0.1, 0.15) is 11.1 Å². The van der Waals surface area contributed by atoms with Gasteiger partial charge in [-0.1, -0.05) is 41.5 Å². The molecule has 0 heterocycles. The highest BCUT2D eigenvalue weighted by Crippen LogP contribution is 2.33. The van der Waals surface area contributed by atoms with Gasteiger partial charge in [0.05, 0.1) is 0 Å². The van der Waals surface area contributed by atoms with Crippen molar-refractivity contribution >= 4 is 34.4 Å². The van der Waals surface area contributed by atoms with Crippen LogP contribution in [0.3, 0.4) is 0 Å². The molecule has 2 aliphatic rings. The number of nitrogens with zero attached hydrogens (tertiary/aromatic N) is 2. The third kappa shape index (κ3) is 2.67. The first-order valence-electron chi connectivity index (χ1n) is 6.30. The first-order chi connectivity index (χ1) is 9.43. The average Bonchev–Trinajstić information content (AvgIpc) is 2.59. The SMILES string of the molecule is CN(C)C(=S)c1[c-]c(C(=S)N(C)C)c2cccccc1-2. The van der Waals surface area contributed by atoms with Gasteiger partial charge in [0.2, 0.25) is 0 Å². The molecule has 0 aromatic heterocycles. The highest BCUT2D eigenvalue weighted by Gasteiger charge is 2.13. The van der Waals surface area contributed by atoms with E-state index in [-0.39, 0.29) is 0 Å². The maximum atomic E-state index is 5.51. The van der Waals surface area contributed by atoms with Crippen LogP contribution in [-0.2, 0) is 0 Å². The summed E-state index contributed by atoms with van der Waals surface area (Å²) in [5.41, 5.74) is 4.06. The lowest BCUT2D eigenvalue weighted by atomic mass is 10.1. The molecule has 0 fully saturated rings. The normalized spacial score (nSPS) is 10.4. The maximum absolute atomic E-state index is 5.51. The van der Waals surface area contributed by atoms with Crippen LogP contribution in [0, 0.1) is 6.07 Å². The molecule has 0 amide bonds. The van der Waals surface area contributed by atoms with Crippen LogP contribution in [0.15, 0.2) is 30.3 Å². The van der Waals surface area contributed by atoms with E-state index in [1.54, 1.807) is 0 Å². The van der Waals surface area contributed by atoms with E-state index >= 15 is 0 Å². The molecule has 0 saturated carbocycles. The van der Waals surface area contributed by atoms with E-state index in [4.69, 9.17) is 24.4 Å². The van der Waals surface area contributed by atoms with E-state index in [1.165, 1.54) is 0 Å². The lowest BCUT2D eigenvalue weighted by molar-refractivity contribution is 0.635. The summed E-state index contributed by atoms with van der Waals surface area (Å²) in [4.78, 5) is 5.40. The van der Waals surface area contributed by atoms with E-state index in [1.807, 2.05) is 56.2 Å². The first-order valence-corrected chi connectivity index (χ1v) is 7.12. The Morgan fingerprint density at radius 2 is 1.20 bits per heavy atom. The smallest absolute Gasteiger partial charge is 0.0420 e. The fourth-order valence-corrected chi connectivity index (χ4v) is 2.35. The monoisotopic (exact) mass is 301 g/mol. The Balaban J connectivity index is 2.67. The Labute approximate surface area is 131 Å². The summed E-state index contributed by atoms with van der Waals surface area (Å²) in [5.74, 6) is 0. The quantitative estimate of drug-likeness (QED) is 0.621. The van der Waals surface area contributed by atoms with Gasteiger partial charge < -0.3 is 9.80 Å². The molecule has 0 aromatic carbocycles. The van der Waals surface area contributed by atoms with E-state index in [0.29, 0.717) is 0 Å². The van der Waals surface area contributed by atoms with Crippen molar-refractivity contribution in [2.45, 2.75) is 0 Å². The maximum Gasteiger partial charge on any atom is 0.0420 e. The molecule has 0 atom stereocenters. The molecule has 0 N–H and O–H groups in total. The van der Waals surface area contributed by atoms with Crippen molar-refractivity contribution in [2.24, 2.45) is 0 Å². The van der Waals surface area contributed by atoms with E-state index in [0.717, 1.165) is 32.2 Å². The van der Waals surface area contributed by atoms with Crippen LogP contribution in [0.25, 0.3) is 11.1 Å². The molecule has 2 aliphatic carbocycles. The molecule has 2 rings (SSSR count). The van der Waals surface area contributed by atoms with E-state index in [9.17, 15) is 0 Å². The lowest BCUT2D eigenvalue weighted by Crippen LogP contribution is -2.21. The fourth-order valence-electron chi connectivity index (χ4n) is 2.03. The van der Waals surface area contributed by atoms with Crippen LogP contribution in [-0.4, -0.2) is 48.0 Å². The van der Waals surface area contributed by atoms with Crippen molar-refractivity contribution in [1.29, 1.82) is 0 Å². The Morgan fingerprint density at radius 1 is 0.800 bits per heavy atom. The van der Waals surface area contributed by atoms with Crippen LogP contribution < -0.4 is 0 Å². The molecule has 0 radical (unpaired) electrons. The van der Waals surface area contributed by atoms with Crippen molar-refractivity contribution in [3.05, 3.63) is 47.5 Å². The molecule has 0 saturated heterocycles. The Kier molecular flexibility index (Phi) is 4.35. The van der Waals surface area contributed by atoms with E-state index < -0.39 is 0 Å². The summed E-state index contributed by atoms with van der Waals surface area (Å²) >= 11 is 11.0. The number of rotatable bonds is 2. The highest BCUT2D eigenvalue weighted by molar-refractivity contribution is 7.81. The number of fused-ring (bicyclic) bond motifs is 1. The molecule has 4 heteroatoms. The van der Waals surface area contributed by atoms with Crippen LogP contribution in [0.5, 0.6) is 0 Å². The third-order valence-corrected chi connectivity index (χ3v) is 4.21. The van der Waals surface area contributed by atoms with Crippen molar-refractivity contribution < 1.29 is 0 Å². The minimum absolute atomic E-state index is 0.772. The minimum atomic E-state index is 0.772. The van der Waals surface area contributed by atoms with Gasteiger partial charge in [-0.2, -0.15) is 0 Å². The van der Waals surface area contributed by atoms with Crippen molar-refractivity contribution in [3.8, 4) is 11.1 Å². The van der Waals surface area contributed by atoms with Crippen LogP contribution in [0.4, 0.5) is 0 Å². The van der Waals surface area contributed by atoms with Gasteiger partial charge in [0.25, 0.3) is 0 Å². The van der Waals surface area contributed by atoms with Crippen molar-refractivity contribution in [3.63, 3.8) is 0 Å².